The second kappa shape index (κ2) is 5.70. The van der Waals surface area contributed by atoms with Gasteiger partial charge < -0.3 is 5.11 Å². The van der Waals surface area contributed by atoms with Crippen molar-refractivity contribution in [3.8, 4) is 0 Å². The highest BCUT2D eigenvalue weighted by Crippen LogP contribution is 2.38. The maximum Gasteiger partial charge on any atom is 0.336 e. The van der Waals surface area contributed by atoms with Crippen molar-refractivity contribution in [1.29, 1.82) is 0 Å². The molecular weight excluding hydrogens is 310 g/mol. The first-order valence-corrected chi connectivity index (χ1v) is 9.66. The Bertz CT molecular complexity index is 631. The lowest BCUT2D eigenvalue weighted by molar-refractivity contribution is 0.0697. The molecule has 0 aromatic carbocycles. The van der Waals surface area contributed by atoms with Gasteiger partial charge in [0.25, 0.3) is 10.0 Å². The molecule has 1 aromatic heterocycles. The Balaban J connectivity index is 1.87. The Labute approximate surface area is 128 Å². The predicted octanol–water partition coefficient (Wildman–Crippen LogP) is 2.79. The van der Waals surface area contributed by atoms with Crippen LogP contribution in [-0.4, -0.2) is 36.4 Å². The molecule has 0 radical (unpaired) electrons. The fourth-order valence-corrected chi connectivity index (χ4v) is 6.59. The van der Waals surface area contributed by atoms with Crippen LogP contribution in [-0.2, 0) is 10.0 Å². The largest absolute Gasteiger partial charge is 0.478 e. The van der Waals surface area contributed by atoms with Crippen LogP contribution in [0.1, 0.15) is 48.9 Å². The Morgan fingerprint density at radius 1 is 1.24 bits per heavy atom. The van der Waals surface area contributed by atoms with Gasteiger partial charge in [-0.3, -0.25) is 0 Å². The van der Waals surface area contributed by atoms with Gasteiger partial charge in [0.15, 0.2) is 0 Å². The summed E-state index contributed by atoms with van der Waals surface area (Å²) in [6.07, 6.45) is 6.44. The van der Waals surface area contributed by atoms with Crippen molar-refractivity contribution in [2.75, 3.05) is 6.54 Å². The van der Waals surface area contributed by atoms with Crippen LogP contribution in [0.3, 0.4) is 0 Å². The van der Waals surface area contributed by atoms with Crippen LogP contribution in [0.2, 0.25) is 0 Å². The SMILES string of the molecule is O=C(O)c1csc(S(=O)(=O)N2CCCC2C2CCCC2)c1. The summed E-state index contributed by atoms with van der Waals surface area (Å²) in [6.45, 7) is 0.559. The molecule has 0 amide bonds. The molecule has 116 valence electrons. The second-order valence-electron chi connectivity index (χ2n) is 5.83. The standard InChI is InChI=1S/C14H19NO4S2/c16-14(17)11-8-13(20-9-11)21(18,19)15-7-3-6-12(15)10-4-1-2-5-10/h8-10,12H,1-7H2,(H,16,17). The van der Waals surface area contributed by atoms with Crippen molar-refractivity contribution in [3.63, 3.8) is 0 Å². The van der Waals surface area contributed by atoms with E-state index in [9.17, 15) is 13.2 Å². The van der Waals surface area contributed by atoms with Gasteiger partial charge in [0.1, 0.15) is 4.21 Å². The number of aromatic carboxylic acids is 1. The van der Waals surface area contributed by atoms with E-state index in [-0.39, 0.29) is 15.8 Å². The molecule has 1 N–H and O–H groups in total. The highest BCUT2D eigenvalue weighted by Gasteiger charge is 2.40. The van der Waals surface area contributed by atoms with Crippen LogP contribution in [0.4, 0.5) is 0 Å². The van der Waals surface area contributed by atoms with E-state index in [0.29, 0.717) is 12.5 Å². The molecule has 3 rings (SSSR count). The van der Waals surface area contributed by atoms with Crippen molar-refractivity contribution >= 4 is 27.3 Å². The topological polar surface area (TPSA) is 74.7 Å². The molecule has 1 unspecified atom stereocenters. The molecule has 1 saturated heterocycles. The molecule has 1 aliphatic heterocycles. The zero-order chi connectivity index (χ0) is 15.0. The summed E-state index contributed by atoms with van der Waals surface area (Å²) in [6, 6.07) is 1.39. The zero-order valence-electron chi connectivity index (χ0n) is 11.7. The number of carbonyl (C=O) groups is 1. The molecule has 2 aliphatic rings. The number of nitrogens with zero attached hydrogens (tertiary/aromatic N) is 1. The third-order valence-electron chi connectivity index (χ3n) is 4.58. The quantitative estimate of drug-likeness (QED) is 0.921. The van der Waals surface area contributed by atoms with Gasteiger partial charge in [0.2, 0.25) is 0 Å². The lowest BCUT2D eigenvalue weighted by Gasteiger charge is -2.28. The molecule has 2 heterocycles. The number of hydrogen-bond donors (Lipinski definition) is 1. The van der Waals surface area contributed by atoms with Gasteiger partial charge in [-0.25, -0.2) is 13.2 Å². The van der Waals surface area contributed by atoms with Crippen molar-refractivity contribution in [2.24, 2.45) is 5.92 Å². The summed E-state index contributed by atoms with van der Waals surface area (Å²) in [5.41, 5.74) is 0.0511. The van der Waals surface area contributed by atoms with Crippen LogP contribution in [0.15, 0.2) is 15.7 Å². The second-order valence-corrected chi connectivity index (χ2v) is 8.86. The van der Waals surface area contributed by atoms with Crippen LogP contribution >= 0.6 is 11.3 Å². The van der Waals surface area contributed by atoms with Crippen molar-refractivity contribution in [2.45, 2.75) is 48.8 Å². The van der Waals surface area contributed by atoms with E-state index in [2.05, 4.69) is 0 Å². The van der Waals surface area contributed by atoms with Crippen LogP contribution in [0.5, 0.6) is 0 Å². The van der Waals surface area contributed by atoms with E-state index in [0.717, 1.165) is 37.0 Å². The molecule has 5 nitrogen and oxygen atoms in total. The molecule has 1 saturated carbocycles. The number of rotatable bonds is 4. The summed E-state index contributed by atoms with van der Waals surface area (Å²) >= 11 is 1.01. The molecule has 1 aromatic rings. The van der Waals surface area contributed by atoms with Gasteiger partial charge >= 0.3 is 5.97 Å². The van der Waals surface area contributed by atoms with Crippen LogP contribution < -0.4 is 0 Å². The van der Waals surface area contributed by atoms with E-state index >= 15 is 0 Å². The summed E-state index contributed by atoms with van der Waals surface area (Å²) in [5.74, 6) is -0.609. The molecular formula is C14H19NO4S2. The van der Waals surface area contributed by atoms with Crippen molar-refractivity contribution in [1.82, 2.24) is 4.31 Å². The monoisotopic (exact) mass is 329 g/mol. The number of carboxylic acids is 1. The van der Waals surface area contributed by atoms with Crippen LogP contribution in [0, 0.1) is 5.92 Å². The van der Waals surface area contributed by atoms with E-state index < -0.39 is 16.0 Å². The third-order valence-corrected chi connectivity index (χ3v) is 7.92. The average Bonchev–Trinajstić information content (AvgIpc) is 3.19. The third kappa shape index (κ3) is 2.74. The smallest absolute Gasteiger partial charge is 0.336 e. The van der Waals surface area contributed by atoms with E-state index in [1.54, 1.807) is 4.31 Å². The molecule has 21 heavy (non-hydrogen) atoms. The lowest BCUT2D eigenvalue weighted by atomic mass is 9.97. The lowest BCUT2D eigenvalue weighted by Crippen LogP contribution is -2.39. The molecule has 0 spiro atoms. The fourth-order valence-electron chi connectivity index (χ4n) is 3.56. The van der Waals surface area contributed by atoms with E-state index in [1.165, 1.54) is 24.3 Å². The normalized spacial score (nSPS) is 24.7. The van der Waals surface area contributed by atoms with Gasteiger partial charge in [-0.15, -0.1) is 11.3 Å². The first-order chi connectivity index (χ1) is 10.00. The minimum absolute atomic E-state index is 0.0511. The number of carboxylic acid groups (broad SMARTS) is 1. The average molecular weight is 329 g/mol. The summed E-state index contributed by atoms with van der Waals surface area (Å²) in [5, 5.41) is 10.4. The fraction of sp³-hybridized carbons (Fsp3) is 0.643. The summed E-state index contributed by atoms with van der Waals surface area (Å²) in [7, 11) is -3.55. The maximum atomic E-state index is 12.8. The first kappa shape index (κ1) is 15.0. The Morgan fingerprint density at radius 2 is 1.95 bits per heavy atom. The Morgan fingerprint density at radius 3 is 2.57 bits per heavy atom. The first-order valence-electron chi connectivity index (χ1n) is 7.34. The van der Waals surface area contributed by atoms with Gasteiger partial charge in [-0.05, 0) is 37.7 Å². The van der Waals surface area contributed by atoms with Gasteiger partial charge in [0, 0.05) is 18.0 Å². The maximum absolute atomic E-state index is 12.8. The van der Waals surface area contributed by atoms with E-state index in [1.807, 2.05) is 0 Å². The highest BCUT2D eigenvalue weighted by atomic mass is 32.2. The van der Waals surface area contributed by atoms with Crippen molar-refractivity contribution in [3.05, 3.63) is 17.0 Å². The van der Waals surface area contributed by atoms with Gasteiger partial charge in [-0.2, -0.15) is 4.31 Å². The number of sulfonamides is 1. The van der Waals surface area contributed by atoms with Crippen molar-refractivity contribution < 1.29 is 18.3 Å². The van der Waals surface area contributed by atoms with Crippen LogP contribution in [0.25, 0.3) is 0 Å². The summed E-state index contributed by atoms with van der Waals surface area (Å²) in [4.78, 5) is 10.9. The van der Waals surface area contributed by atoms with Gasteiger partial charge in [-0.1, -0.05) is 12.8 Å². The molecule has 1 atom stereocenters. The molecule has 2 fully saturated rings. The highest BCUT2D eigenvalue weighted by molar-refractivity contribution is 7.91. The number of thiophene rings is 1. The zero-order valence-corrected chi connectivity index (χ0v) is 13.3. The Hall–Kier alpha value is -0.920. The minimum atomic E-state index is -3.55. The number of hydrogen-bond acceptors (Lipinski definition) is 4. The predicted molar refractivity (Wildman–Crippen MR) is 80.2 cm³/mol. The minimum Gasteiger partial charge on any atom is -0.478 e. The molecule has 0 bridgehead atoms. The molecule has 1 aliphatic carbocycles. The van der Waals surface area contributed by atoms with Gasteiger partial charge in [0.05, 0.1) is 5.56 Å². The Kier molecular flexibility index (Phi) is 4.07. The summed E-state index contributed by atoms with van der Waals surface area (Å²) < 4.78 is 27.3. The molecule has 7 heteroatoms. The van der Waals surface area contributed by atoms with E-state index in [4.69, 9.17) is 5.11 Å².